The number of ether oxygens (including phenoxy) is 3. The van der Waals surface area contributed by atoms with Crippen molar-refractivity contribution in [2.24, 2.45) is 0 Å². The third-order valence-corrected chi connectivity index (χ3v) is 4.40. The van der Waals surface area contributed by atoms with Crippen LogP contribution in [0.3, 0.4) is 0 Å². The van der Waals surface area contributed by atoms with Crippen LogP contribution in [-0.2, 0) is 9.53 Å². The summed E-state index contributed by atoms with van der Waals surface area (Å²) in [6, 6.07) is 10.5. The van der Waals surface area contributed by atoms with Crippen molar-refractivity contribution in [2.45, 2.75) is 6.10 Å². The highest BCUT2D eigenvalue weighted by Gasteiger charge is 2.28. The fraction of sp³-hybridized carbons (Fsp3) is 0.300. The van der Waals surface area contributed by atoms with Gasteiger partial charge in [-0.25, -0.2) is 4.39 Å². The van der Waals surface area contributed by atoms with Crippen LogP contribution in [-0.4, -0.2) is 51.8 Å². The quantitative estimate of drug-likeness (QED) is 0.819. The van der Waals surface area contributed by atoms with Crippen LogP contribution < -0.4 is 19.7 Å². The number of nitrogens with zero attached hydrogens (tertiary/aromatic N) is 1. The summed E-state index contributed by atoms with van der Waals surface area (Å²) >= 11 is 0. The Labute approximate surface area is 162 Å². The molecule has 1 N–H and O–H groups in total. The van der Waals surface area contributed by atoms with E-state index in [9.17, 15) is 14.0 Å². The highest BCUT2D eigenvalue weighted by atomic mass is 19.1. The van der Waals surface area contributed by atoms with Crippen LogP contribution >= 0.6 is 0 Å². The molecule has 1 aliphatic heterocycles. The zero-order valence-corrected chi connectivity index (χ0v) is 15.6. The van der Waals surface area contributed by atoms with Crippen LogP contribution in [0.2, 0.25) is 0 Å². The summed E-state index contributed by atoms with van der Waals surface area (Å²) in [7, 11) is 3.02. The van der Waals surface area contributed by atoms with Crippen molar-refractivity contribution < 1.29 is 28.2 Å². The van der Waals surface area contributed by atoms with Crippen molar-refractivity contribution >= 4 is 17.5 Å². The molecule has 0 aliphatic carbocycles. The van der Waals surface area contributed by atoms with Gasteiger partial charge >= 0.3 is 0 Å². The number of hydrogen-bond acceptors (Lipinski definition) is 5. The fourth-order valence-electron chi connectivity index (χ4n) is 2.91. The van der Waals surface area contributed by atoms with E-state index in [2.05, 4.69) is 5.32 Å². The summed E-state index contributed by atoms with van der Waals surface area (Å²) in [6.07, 6.45) is -0.383. The topological polar surface area (TPSA) is 77.1 Å². The lowest BCUT2D eigenvalue weighted by Crippen LogP contribution is -2.50. The number of carbonyl (C=O) groups is 2. The first-order valence-electron chi connectivity index (χ1n) is 8.69. The minimum atomic E-state index is -0.383. The molecule has 148 valence electrons. The van der Waals surface area contributed by atoms with E-state index in [1.807, 2.05) is 0 Å². The van der Waals surface area contributed by atoms with E-state index in [0.717, 1.165) is 0 Å². The fourth-order valence-corrected chi connectivity index (χ4v) is 2.91. The molecule has 1 heterocycles. The standard InChI is InChI=1S/C20H21FN2O5/c1-26-17-8-3-13(9-18(17)27-2)20(25)22-10-16-11-23(19(24)12-28-16)15-6-4-14(21)5-7-15/h3-9,16H,10-12H2,1-2H3,(H,22,25). The minimum absolute atomic E-state index is 0.103. The number of anilines is 1. The van der Waals surface area contributed by atoms with Crippen molar-refractivity contribution in [1.29, 1.82) is 0 Å². The van der Waals surface area contributed by atoms with Crippen molar-refractivity contribution in [3.05, 3.63) is 53.8 Å². The van der Waals surface area contributed by atoms with Gasteiger partial charge < -0.3 is 24.4 Å². The van der Waals surface area contributed by atoms with Crippen LogP contribution in [0.25, 0.3) is 0 Å². The lowest BCUT2D eigenvalue weighted by Gasteiger charge is -2.32. The van der Waals surface area contributed by atoms with Crippen molar-refractivity contribution in [1.82, 2.24) is 5.32 Å². The molecule has 0 saturated carbocycles. The van der Waals surface area contributed by atoms with Gasteiger partial charge in [0.05, 0.1) is 26.9 Å². The molecule has 8 heteroatoms. The van der Waals surface area contributed by atoms with E-state index in [1.165, 1.54) is 43.4 Å². The number of morpholine rings is 1. The van der Waals surface area contributed by atoms with Crippen molar-refractivity contribution in [3.8, 4) is 11.5 Å². The molecule has 2 aromatic rings. The van der Waals surface area contributed by atoms with Crippen LogP contribution in [0.15, 0.2) is 42.5 Å². The highest BCUT2D eigenvalue weighted by molar-refractivity contribution is 5.96. The highest BCUT2D eigenvalue weighted by Crippen LogP contribution is 2.27. The first kappa shape index (κ1) is 19.6. The lowest BCUT2D eigenvalue weighted by atomic mass is 10.1. The molecule has 28 heavy (non-hydrogen) atoms. The molecule has 0 bridgehead atoms. The number of nitrogens with one attached hydrogen (secondary N) is 1. The van der Waals surface area contributed by atoms with Gasteiger partial charge in [0.1, 0.15) is 12.4 Å². The van der Waals surface area contributed by atoms with E-state index in [4.69, 9.17) is 14.2 Å². The number of methoxy groups -OCH3 is 2. The second-order valence-electron chi connectivity index (χ2n) is 6.19. The average Bonchev–Trinajstić information content (AvgIpc) is 2.73. The van der Waals surface area contributed by atoms with E-state index < -0.39 is 0 Å². The molecular formula is C20H21FN2O5. The van der Waals surface area contributed by atoms with Crippen LogP contribution in [0, 0.1) is 5.82 Å². The van der Waals surface area contributed by atoms with Crippen LogP contribution in [0.4, 0.5) is 10.1 Å². The molecular weight excluding hydrogens is 367 g/mol. The van der Waals surface area contributed by atoms with Crippen LogP contribution in [0.5, 0.6) is 11.5 Å². The summed E-state index contributed by atoms with van der Waals surface area (Å²) in [4.78, 5) is 26.1. The number of benzene rings is 2. The zero-order chi connectivity index (χ0) is 20.1. The van der Waals surface area contributed by atoms with Gasteiger partial charge in [0.25, 0.3) is 11.8 Å². The normalized spacial score (nSPS) is 16.6. The van der Waals surface area contributed by atoms with Gasteiger partial charge in [-0.15, -0.1) is 0 Å². The van der Waals surface area contributed by atoms with E-state index in [1.54, 1.807) is 18.2 Å². The van der Waals surface area contributed by atoms with Gasteiger partial charge in [0.2, 0.25) is 0 Å². The Hall–Kier alpha value is -3.13. The third kappa shape index (κ3) is 4.40. The zero-order valence-electron chi connectivity index (χ0n) is 15.6. The molecule has 7 nitrogen and oxygen atoms in total. The molecule has 0 spiro atoms. The Morgan fingerprint density at radius 3 is 2.57 bits per heavy atom. The Morgan fingerprint density at radius 1 is 1.18 bits per heavy atom. The predicted molar refractivity (Wildman–Crippen MR) is 100 cm³/mol. The maximum atomic E-state index is 13.1. The van der Waals surface area contributed by atoms with Gasteiger partial charge in [-0.3, -0.25) is 9.59 Å². The Kier molecular flexibility index (Phi) is 6.10. The molecule has 0 aromatic heterocycles. The van der Waals surface area contributed by atoms with Gasteiger partial charge in [0, 0.05) is 17.8 Å². The number of amides is 2. The second kappa shape index (κ2) is 8.71. The summed E-state index contributed by atoms with van der Waals surface area (Å²) in [5, 5.41) is 2.80. The Balaban J connectivity index is 1.61. The van der Waals surface area contributed by atoms with E-state index >= 15 is 0 Å². The molecule has 1 saturated heterocycles. The first-order chi connectivity index (χ1) is 13.5. The summed E-state index contributed by atoms with van der Waals surface area (Å²) in [5.41, 5.74) is 1.01. The third-order valence-electron chi connectivity index (χ3n) is 4.40. The van der Waals surface area contributed by atoms with Crippen molar-refractivity contribution in [3.63, 3.8) is 0 Å². The summed E-state index contributed by atoms with van der Waals surface area (Å²) in [5.74, 6) is 0.104. The second-order valence-corrected chi connectivity index (χ2v) is 6.19. The molecule has 2 aromatic carbocycles. The molecule has 1 atom stereocenters. The summed E-state index contributed by atoms with van der Waals surface area (Å²) < 4.78 is 29.0. The molecule has 3 rings (SSSR count). The number of carbonyl (C=O) groups excluding carboxylic acids is 2. The maximum absolute atomic E-state index is 13.1. The van der Waals surface area contributed by atoms with Gasteiger partial charge in [-0.05, 0) is 42.5 Å². The number of halogens is 1. The van der Waals surface area contributed by atoms with E-state index in [-0.39, 0.29) is 43.4 Å². The van der Waals surface area contributed by atoms with Crippen LogP contribution in [0.1, 0.15) is 10.4 Å². The van der Waals surface area contributed by atoms with Gasteiger partial charge in [0.15, 0.2) is 11.5 Å². The number of rotatable bonds is 6. The SMILES string of the molecule is COc1ccc(C(=O)NCC2CN(c3ccc(F)cc3)C(=O)CO2)cc1OC. The van der Waals surface area contributed by atoms with Crippen molar-refractivity contribution in [2.75, 3.05) is 38.8 Å². The Bertz CT molecular complexity index is 856. The lowest BCUT2D eigenvalue weighted by molar-refractivity contribution is -0.129. The van der Waals surface area contributed by atoms with E-state index in [0.29, 0.717) is 22.7 Å². The van der Waals surface area contributed by atoms with Gasteiger partial charge in [-0.1, -0.05) is 0 Å². The average molecular weight is 388 g/mol. The molecule has 0 radical (unpaired) electrons. The molecule has 1 unspecified atom stereocenters. The molecule has 2 amide bonds. The smallest absolute Gasteiger partial charge is 0.253 e. The minimum Gasteiger partial charge on any atom is -0.493 e. The molecule has 1 aliphatic rings. The largest absolute Gasteiger partial charge is 0.493 e. The predicted octanol–water partition coefficient (Wildman–Crippen LogP) is 2.00. The maximum Gasteiger partial charge on any atom is 0.253 e. The Morgan fingerprint density at radius 2 is 1.89 bits per heavy atom. The monoisotopic (exact) mass is 388 g/mol. The number of hydrogen-bond donors (Lipinski definition) is 1. The van der Waals surface area contributed by atoms with Gasteiger partial charge in [-0.2, -0.15) is 0 Å². The summed E-state index contributed by atoms with van der Waals surface area (Å²) in [6.45, 7) is 0.378. The first-order valence-corrected chi connectivity index (χ1v) is 8.69. The molecule has 1 fully saturated rings.